The van der Waals surface area contributed by atoms with Crippen LogP contribution in [0.2, 0.25) is 0 Å². The number of rotatable bonds is 4. The molecule has 1 aromatic heterocycles. The van der Waals surface area contributed by atoms with Gasteiger partial charge in [-0.15, -0.1) is 0 Å². The Kier molecular flexibility index (Phi) is 4.65. The van der Waals surface area contributed by atoms with E-state index in [1.54, 1.807) is 12.4 Å². The number of nitrogens with zero attached hydrogens (tertiary/aromatic N) is 3. The molecule has 2 aliphatic heterocycles. The predicted molar refractivity (Wildman–Crippen MR) is 81.1 cm³/mol. The number of aromatic nitrogens is 2. The van der Waals surface area contributed by atoms with E-state index in [4.69, 9.17) is 0 Å². The molecule has 1 amide bonds. The highest BCUT2D eigenvalue weighted by atomic mass is 16.1. The van der Waals surface area contributed by atoms with Gasteiger partial charge in [-0.25, -0.2) is 9.97 Å². The second-order valence-corrected chi connectivity index (χ2v) is 5.88. The third-order valence-corrected chi connectivity index (χ3v) is 4.29. The van der Waals surface area contributed by atoms with E-state index >= 15 is 0 Å². The van der Waals surface area contributed by atoms with Gasteiger partial charge in [0.15, 0.2) is 0 Å². The molecule has 3 heterocycles. The summed E-state index contributed by atoms with van der Waals surface area (Å²) in [6.45, 7) is 2.85. The molecule has 2 saturated heterocycles. The van der Waals surface area contributed by atoms with Crippen molar-refractivity contribution < 1.29 is 4.79 Å². The Balaban J connectivity index is 1.42. The van der Waals surface area contributed by atoms with E-state index in [1.807, 2.05) is 6.07 Å². The monoisotopic (exact) mass is 289 g/mol. The first-order valence-corrected chi connectivity index (χ1v) is 7.86. The predicted octanol–water partition coefficient (Wildman–Crippen LogP) is 0.704. The Morgan fingerprint density at radius 1 is 1.29 bits per heavy atom. The zero-order valence-electron chi connectivity index (χ0n) is 12.3. The summed E-state index contributed by atoms with van der Waals surface area (Å²) in [6, 6.07) is 2.50. The van der Waals surface area contributed by atoms with Gasteiger partial charge in [0.2, 0.25) is 11.9 Å². The van der Waals surface area contributed by atoms with Crippen molar-refractivity contribution in [2.45, 2.75) is 44.2 Å². The van der Waals surface area contributed by atoms with Gasteiger partial charge in [0.05, 0.1) is 0 Å². The van der Waals surface area contributed by atoms with Crippen LogP contribution in [-0.4, -0.2) is 47.6 Å². The van der Waals surface area contributed by atoms with Gasteiger partial charge in [0.1, 0.15) is 0 Å². The number of amides is 1. The topological polar surface area (TPSA) is 70.2 Å². The molecule has 1 aromatic rings. The number of hydrogen-bond donors (Lipinski definition) is 2. The molecule has 6 heteroatoms. The Hall–Kier alpha value is -1.69. The lowest BCUT2D eigenvalue weighted by Crippen LogP contribution is -2.46. The molecule has 2 fully saturated rings. The van der Waals surface area contributed by atoms with E-state index in [9.17, 15) is 4.79 Å². The number of nitrogens with one attached hydrogen (secondary N) is 2. The van der Waals surface area contributed by atoms with Crippen molar-refractivity contribution in [3.8, 4) is 0 Å². The lowest BCUT2D eigenvalue weighted by atomic mass is 10.0. The minimum Gasteiger partial charge on any atom is -0.353 e. The normalized spacial score (nSPS) is 23.2. The fourth-order valence-electron chi connectivity index (χ4n) is 3.12. The van der Waals surface area contributed by atoms with Crippen LogP contribution in [0.15, 0.2) is 18.5 Å². The average Bonchev–Trinajstić information content (AvgIpc) is 3.02. The zero-order valence-corrected chi connectivity index (χ0v) is 12.3. The summed E-state index contributed by atoms with van der Waals surface area (Å²) < 4.78 is 0. The van der Waals surface area contributed by atoms with E-state index in [2.05, 4.69) is 25.5 Å². The molecule has 0 spiro atoms. The fraction of sp³-hybridized carbons (Fsp3) is 0.667. The summed E-state index contributed by atoms with van der Waals surface area (Å²) in [6.07, 6.45) is 8.38. The van der Waals surface area contributed by atoms with Gasteiger partial charge in [-0.3, -0.25) is 4.79 Å². The number of piperidine rings is 1. The lowest BCUT2D eigenvalue weighted by Gasteiger charge is -2.32. The first-order valence-electron chi connectivity index (χ1n) is 7.86. The SMILES string of the molecule is O=C(CC1CCCN1)NC1CCN(c2ncccn2)CC1. The van der Waals surface area contributed by atoms with Gasteiger partial charge in [-0.2, -0.15) is 0 Å². The molecule has 0 saturated carbocycles. The van der Waals surface area contributed by atoms with Gasteiger partial charge in [0, 0.05) is 44.0 Å². The molecule has 2 N–H and O–H groups in total. The van der Waals surface area contributed by atoms with Crippen LogP contribution < -0.4 is 15.5 Å². The fourth-order valence-corrected chi connectivity index (χ4v) is 3.12. The van der Waals surface area contributed by atoms with Crippen molar-refractivity contribution in [3.63, 3.8) is 0 Å². The summed E-state index contributed by atoms with van der Waals surface area (Å²) in [5, 5.41) is 6.54. The molecular formula is C15H23N5O. The van der Waals surface area contributed by atoms with E-state index in [0.29, 0.717) is 18.5 Å². The first-order chi connectivity index (χ1) is 10.3. The molecule has 1 unspecified atom stereocenters. The lowest BCUT2D eigenvalue weighted by molar-refractivity contribution is -0.122. The number of carbonyl (C=O) groups excluding carboxylic acids is 1. The second-order valence-electron chi connectivity index (χ2n) is 5.88. The second kappa shape index (κ2) is 6.85. The van der Waals surface area contributed by atoms with Gasteiger partial charge in [-0.1, -0.05) is 0 Å². The van der Waals surface area contributed by atoms with Gasteiger partial charge < -0.3 is 15.5 Å². The number of anilines is 1. The van der Waals surface area contributed by atoms with Crippen LogP contribution >= 0.6 is 0 Å². The van der Waals surface area contributed by atoms with Crippen LogP contribution in [0, 0.1) is 0 Å². The molecule has 21 heavy (non-hydrogen) atoms. The Labute approximate surface area is 125 Å². The first kappa shape index (κ1) is 14.3. The van der Waals surface area contributed by atoms with E-state index in [-0.39, 0.29) is 5.91 Å². The highest BCUT2D eigenvalue weighted by Gasteiger charge is 2.23. The minimum atomic E-state index is 0.184. The number of carbonyl (C=O) groups is 1. The molecule has 0 bridgehead atoms. The Morgan fingerprint density at radius 3 is 2.71 bits per heavy atom. The summed E-state index contributed by atoms with van der Waals surface area (Å²) in [5.41, 5.74) is 0. The average molecular weight is 289 g/mol. The van der Waals surface area contributed by atoms with Crippen molar-refractivity contribution in [2.24, 2.45) is 0 Å². The van der Waals surface area contributed by atoms with Gasteiger partial charge in [0.25, 0.3) is 0 Å². The molecular weight excluding hydrogens is 266 g/mol. The number of hydrogen-bond acceptors (Lipinski definition) is 5. The van der Waals surface area contributed by atoms with Crippen LogP contribution in [0.4, 0.5) is 5.95 Å². The Bertz CT molecular complexity index is 452. The maximum Gasteiger partial charge on any atom is 0.225 e. The van der Waals surface area contributed by atoms with Crippen molar-refractivity contribution >= 4 is 11.9 Å². The smallest absolute Gasteiger partial charge is 0.225 e. The molecule has 0 aromatic carbocycles. The standard InChI is InChI=1S/C15H23N5O/c21-14(11-13-3-1-6-16-13)19-12-4-9-20(10-5-12)15-17-7-2-8-18-15/h2,7-8,12-13,16H,1,3-6,9-11H2,(H,19,21). The van der Waals surface area contributed by atoms with Crippen LogP contribution in [0.5, 0.6) is 0 Å². The molecule has 1 atom stereocenters. The third-order valence-electron chi connectivity index (χ3n) is 4.29. The molecule has 2 aliphatic rings. The van der Waals surface area contributed by atoms with Crippen molar-refractivity contribution in [1.29, 1.82) is 0 Å². The maximum absolute atomic E-state index is 12.0. The molecule has 0 aliphatic carbocycles. The summed E-state index contributed by atoms with van der Waals surface area (Å²) >= 11 is 0. The molecule has 6 nitrogen and oxygen atoms in total. The van der Waals surface area contributed by atoms with Crippen LogP contribution in [0.25, 0.3) is 0 Å². The molecule has 0 radical (unpaired) electrons. The van der Waals surface area contributed by atoms with E-state index in [1.165, 1.54) is 6.42 Å². The van der Waals surface area contributed by atoms with Gasteiger partial charge >= 0.3 is 0 Å². The third kappa shape index (κ3) is 3.91. The van der Waals surface area contributed by atoms with Crippen LogP contribution in [0.1, 0.15) is 32.1 Å². The van der Waals surface area contributed by atoms with Crippen molar-refractivity contribution in [3.05, 3.63) is 18.5 Å². The van der Waals surface area contributed by atoms with Gasteiger partial charge in [-0.05, 0) is 38.3 Å². The Morgan fingerprint density at radius 2 is 2.05 bits per heavy atom. The van der Waals surface area contributed by atoms with Crippen molar-refractivity contribution in [1.82, 2.24) is 20.6 Å². The summed E-state index contributed by atoms with van der Waals surface area (Å²) in [4.78, 5) is 22.8. The minimum absolute atomic E-state index is 0.184. The van der Waals surface area contributed by atoms with E-state index < -0.39 is 0 Å². The zero-order chi connectivity index (χ0) is 14.5. The van der Waals surface area contributed by atoms with Crippen LogP contribution in [0.3, 0.4) is 0 Å². The molecule has 3 rings (SSSR count). The summed E-state index contributed by atoms with van der Waals surface area (Å²) in [7, 11) is 0. The van der Waals surface area contributed by atoms with E-state index in [0.717, 1.165) is 44.8 Å². The van der Waals surface area contributed by atoms with Crippen molar-refractivity contribution in [2.75, 3.05) is 24.5 Å². The maximum atomic E-state index is 12.0. The molecule has 114 valence electrons. The van der Waals surface area contributed by atoms with Crippen LogP contribution in [-0.2, 0) is 4.79 Å². The summed E-state index contributed by atoms with van der Waals surface area (Å²) in [5.74, 6) is 0.973. The highest BCUT2D eigenvalue weighted by molar-refractivity contribution is 5.77. The highest BCUT2D eigenvalue weighted by Crippen LogP contribution is 2.16. The largest absolute Gasteiger partial charge is 0.353 e. The quantitative estimate of drug-likeness (QED) is 0.854.